The third kappa shape index (κ3) is 2.60. The van der Waals surface area contributed by atoms with Gasteiger partial charge in [-0.3, -0.25) is 14.9 Å². The summed E-state index contributed by atoms with van der Waals surface area (Å²) in [6.45, 7) is 0. The minimum absolute atomic E-state index is 0.118. The fourth-order valence-electron chi connectivity index (χ4n) is 2.01. The number of nitrogens with zero attached hydrogens (tertiary/aromatic N) is 1. The van der Waals surface area contributed by atoms with Crippen molar-refractivity contribution < 1.29 is 19.6 Å². The minimum atomic E-state index is -1.23. The van der Waals surface area contributed by atoms with Gasteiger partial charge in [-0.05, 0) is 47.9 Å². The van der Waals surface area contributed by atoms with Gasteiger partial charge in [0.2, 0.25) is 0 Å². The van der Waals surface area contributed by atoms with Gasteiger partial charge >= 0.3 is 5.97 Å². The molecule has 0 heterocycles. The number of nitro benzene ring substituents is 1. The number of hydrogen-bond donors (Lipinski definition) is 2. The van der Waals surface area contributed by atoms with Crippen molar-refractivity contribution in [1.82, 2.24) is 5.32 Å². The monoisotopic (exact) mass is 390 g/mol. The highest BCUT2D eigenvalue weighted by molar-refractivity contribution is 14.1. The van der Waals surface area contributed by atoms with Crippen molar-refractivity contribution in [3.63, 3.8) is 0 Å². The third-order valence-corrected chi connectivity index (χ3v) is 4.32. The summed E-state index contributed by atoms with van der Waals surface area (Å²) < 4.78 is 0.533. The average Bonchev–Trinajstić information content (AvgIpc) is 2.33. The number of nitro groups is 1. The molecule has 0 atom stereocenters. The molecule has 0 aromatic heterocycles. The molecule has 2 rings (SSSR count). The Balaban J connectivity index is 2.27. The van der Waals surface area contributed by atoms with Crippen molar-refractivity contribution >= 4 is 40.2 Å². The van der Waals surface area contributed by atoms with Gasteiger partial charge in [0.1, 0.15) is 5.54 Å². The highest BCUT2D eigenvalue weighted by Gasteiger charge is 2.46. The predicted octanol–water partition coefficient (Wildman–Crippen LogP) is 1.94. The number of benzene rings is 1. The number of carbonyl (C=O) groups is 2. The molecule has 1 aliphatic rings. The molecular formula is C12H11IN2O5. The Morgan fingerprint density at radius 3 is 2.50 bits per heavy atom. The van der Waals surface area contributed by atoms with E-state index in [1.807, 2.05) is 22.6 Å². The lowest BCUT2D eigenvalue weighted by atomic mass is 9.76. The van der Waals surface area contributed by atoms with Crippen molar-refractivity contribution in [1.29, 1.82) is 0 Å². The van der Waals surface area contributed by atoms with E-state index in [0.717, 1.165) is 12.5 Å². The number of carbonyl (C=O) groups excluding carboxylic acids is 1. The molecular weight excluding hydrogens is 379 g/mol. The Morgan fingerprint density at radius 1 is 1.40 bits per heavy atom. The maximum Gasteiger partial charge on any atom is 0.329 e. The lowest BCUT2D eigenvalue weighted by Crippen LogP contribution is -2.59. The summed E-state index contributed by atoms with van der Waals surface area (Å²) in [7, 11) is 0. The van der Waals surface area contributed by atoms with Crippen molar-refractivity contribution in [2.75, 3.05) is 0 Å². The van der Waals surface area contributed by atoms with E-state index in [-0.39, 0.29) is 11.3 Å². The maximum atomic E-state index is 12.2. The second-order valence-electron chi connectivity index (χ2n) is 4.62. The predicted molar refractivity (Wildman–Crippen MR) is 77.5 cm³/mol. The lowest BCUT2D eigenvalue weighted by Gasteiger charge is -2.38. The molecule has 1 fully saturated rings. The molecule has 1 aliphatic carbocycles. The van der Waals surface area contributed by atoms with E-state index in [9.17, 15) is 19.7 Å². The molecule has 1 amide bonds. The molecule has 0 saturated heterocycles. The molecule has 1 aromatic rings. The molecule has 0 aliphatic heterocycles. The number of nitrogens with one attached hydrogen (secondary N) is 1. The molecule has 8 heteroatoms. The Kier molecular flexibility index (Phi) is 3.93. The largest absolute Gasteiger partial charge is 0.480 e. The van der Waals surface area contributed by atoms with Gasteiger partial charge in [0.25, 0.3) is 11.6 Å². The molecule has 1 saturated carbocycles. The number of carboxylic acid groups (broad SMARTS) is 1. The molecule has 1 aromatic carbocycles. The first-order valence-electron chi connectivity index (χ1n) is 5.85. The summed E-state index contributed by atoms with van der Waals surface area (Å²) in [6, 6.07) is 3.92. The van der Waals surface area contributed by atoms with Crippen molar-refractivity contribution in [3.05, 3.63) is 37.4 Å². The quantitative estimate of drug-likeness (QED) is 0.464. The summed E-state index contributed by atoms with van der Waals surface area (Å²) in [4.78, 5) is 33.5. The Morgan fingerprint density at radius 2 is 2.05 bits per heavy atom. The fourth-order valence-corrected chi connectivity index (χ4v) is 2.59. The third-order valence-electron chi connectivity index (χ3n) is 3.37. The lowest BCUT2D eigenvalue weighted by molar-refractivity contribution is -0.384. The topological polar surface area (TPSA) is 110 Å². The number of hydrogen-bond acceptors (Lipinski definition) is 4. The first kappa shape index (κ1) is 14.7. The zero-order chi connectivity index (χ0) is 14.9. The van der Waals surface area contributed by atoms with Crippen molar-refractivity contribution in [3.8, 4) is 0 Å². The summed E-state index contributed by atoms with van der Waals surface area (Å²) >= 11 is 1.88. The first-order valence-corrected chi connectivity index (χ1v) is 6.93. The van der Waals surface area contributed by atoms with Gasteiger partial charge in [-0.25, -0.2) is 4.79 Å². The van der Waals surface area contributed by atoms with Crippen molar-refractivity contribution in [2.24, 2.45) is 0 Å². The second-order valence-corrected chi connectivity index (χ2v) is 5.78. The van der Waals surface area contributed by atoms with Gasteiger partial charge in [-0.1, -0.05) is 0 Å². The molecule has 7 nitrogen and oxygen atoms in total. The number of non-ortho nitro benzene ring substituents is 1. The first-order chi connectivity index (χ1) is 9.35. The second kappa shape index (κ2) is 5.35. The molecule has 20 heavy (non-hydrogen) atoms. The van der Waals surface area contributed by atoms with Gasteiger partial charge in [0.15, 0.2) is 0 Å². The summed E-state index contributed by atoms with van der Waals surface area (Å²) in [5, 5.41) is 22.4. The zero-order valence-corrected chi connectivity index (χ0v) is 12.4. The van der Waals surface area contributed by atoms with Gasteiger partial charge in [-0.15, -0.1) is 0 Å². The number of amides is 1. The van der Waals surface area contributed by atoms with Crippen LogP contribution in [-0.2, 0) is 4.79 Å². The molecule has 0 bridgehead atoms. The molecule has 106 valence electrons. The summed E-state index contributed by atoms with van der Waals surface area (Å²) in [5.41, 5.74) is -1.31. The van der Waals surface area contributed by atoms with E-state index < -0.39 is 22.3 Å². The van der Waals surface area contributed by atoms with E-state index >= 15 is 0 Å². The molecule has 0 spiro atoms. The van der Waals surface area contributed by atoms with Crippen LogP contribution in [-0.4, -0.2) is 27.4 Å². The number of halogens is 1. The summed E-state index contributed by atoms with van der Waals surface area (Å²) in [6.07, 6.45) is 1.48. The highest BCUT2D eigenvalue weighted by Crippen LogP contribution is 2.32. The smallest absolute Gasteiger partial charge is 0.329 e. The Labute approximate surface area is 127 Å². The fraction of sp³-hybridized carbons (Fsp3) is 0.333. The number of aliphatic carboxylic acids is 1. The van der Waals surface area contributed by atoms with Crippen LogP contribution < -0.4 is 5.32 Å². The molecule has 0 radical (unpaired) electrons. The average molecular weight is 390 g/mol. The van der Waals surface area contributed by atoms with Crippen LogP contribution in [0, 0.1) is 13.7 Å². The van der Waals surface area contributed by atoms with E-state index in [2.05, 4.69) is 5.32 Å². The van der Waals surface area contributed by atoms with Crippen LogP contribution in [0.25, 0.3) is 0 Å². The SMILES string of the molecule is O=C(NC1(C(=O)O)CCC1)c1cc([N+](=O)[O-])ccc1I. The van der Waals surface area contributed by atoms with Crippen LogP contribution >= 0.6 is 22.6 Å². The number of rotatable bonds is 4. The highest BCUT2D eigenvalue weighted by atomic mass is 127. The van der Waals surface area contributed by atoms with Crippen LogP contribution in [0.2, 0.25) is 0 Å². The van der Waals surface area contributed by atoms with E-state index in [1.54, 1.807) is 0 Å². The standard InChI is InChI=1S/C12H11IN2O5/c13-9-3-2-7(15(19)20)6-8(9)10(16)14-12(11(17)18)4-1-5-12/h2-3,6H,1,4-5H2,(H,14,16)(H,17,18). The van der Waals surface area contributed by atoms with Crippen molar-refractivity contribution in [2.45, 2.75) is 24.8 Å². The van der Waals surface area contributed by atoms with Gasteiger partial charge in [0, 0.05) is 15.7 Å². The zero-order valence-electron chi connectivity index (χ0n) is 10.3. The van der Waals surface area contributed by atoms with Crippen LogP contribution in [0.15, 0.2) is 18.2 Å². The van der Waals surface area contributed by atoms with Crippen LogP contribution in [0.1, 0.15) is 29.6 Å². The number of carboxylic acids is 1. The normalized spacial score (nSPS) is 16.1. The van der Waals surface area contributed by atoms with E-state index in [4.69, 9.17) is 5.11 Å². The van der Waals surface area contributed by atoms with Crippen LogP contribution in [0.4, 0.5) is 5.69 Å². The molecule has 0 unspecified atom stereocenters. The van der Waals surface area contributed by atoms with Gasteiger partial charge < -0.3 is 10.4 Å². The van der Waals surface area contributed by atoms with E-state index in [0.29, 0.717) is 16.4 Å². The van der Waals surface area contributed by atoms with Gasteiger partial charge in [0.05, 0.1) is 10.5 Å². The van der Waals surface area contributed by atoms with E-state index in [1.165, 1.54) is 12.1 Å². The van der Waals surface area contributed by atoms with Crippen LogP contribution in [0.5, 0.6) is 0 Å². The summed E-state index contributed by atoms with van der Waals surface area (Å²) in [5.74, 6) is -1.67. The Hall–Kier alpha value is -1.71. The van der Waals surface area contributed by atoms with Gasteiger partial charge in [-0.2, -0.15) is 0 Å². The minimum Gasteiger partial charge on any atom is -0.480 e. The maximum absolute atomic E-state index is 12.2. The Bertz CT molecular complexity index is 598. The molecule has 2 N–H and O–H groups in total. The van der Waals surface area contributed by atoms with Crippen LogP contribution in [0.3, 0.4) is 0 Å².